The fourth-order valence-electron chi connectivity index (χ4n) is 5.32. The number of carbonyl (C=O) groups excluding carboxylic acids is 1. The smallest absolute Gasteiger partial charge is 0.247 e. The minimum Gasteiger partial charge on any atom is -0.373 e. The Labute approximate surface area is 247 Å². The van der Waals surface area contributed by atoms with E-state index in [2.05, 4.69) is 96.2 Å². The van der Waals surface area contributed by atoms with E-state index in [1.807, 2.05) is 43.2 Å². The molecule has 3 aromatic heterocycles. The van der Waals surface area contributed by atoms with Gasteiger partial charge in [-0.25, -0.2) is 4.98 Å². The van der Waals surface area contributed by atoms with Crippen LogP contribution in [0, 0.1) is 6.92 Å². The van der Waals surface area contributed by atoms with Gasteiger partial charge < -0.3 is 20.1 Å². The van der Waals surface area contributed by atoms with Crippen LogP contribution in [-0.4, -0.2) is 64.8 Å². The first-order chi connectivity index (χ1) is 20.2. The first kappa shape index (κ1) is 28.8. The Kier molecular flexibility index (Phi) is 8.27. The molecule has 0 saturated heterocycles. The molecule has 0 aliphatic carbocycles. The summed E-state index contributed by atoms with van der Waals surface area (Å²) in [5, 5.41) is 8.47. The van der Waals surface area contributed by atoms with Crippen LogP contribution in [0.2, 0.25) is 0 Å². The van der Waals surface area contributed by atoms with Crippen molar-refractivity contribution in [2.75, 3.05) is 44.4 Å². The molecule has 0 radical (unpaired) electrons. The van der Waals surface area contributed by atoms with E-state index in [9.17, 15) is 4.79 Å². The van der Waals surface area contributed by atoms with Crippen LogP contribution in [0.1, 0.15) is 18.2 Å². The van der Waals surface area contributed by atoms with Crippen molar-refractivity contribution in [2.45, 2.75) is 20.3 Å². The summed E-state index contributed by atoms with van der Waals surface area (Å²) < 4.78 is 1.93. The predicted octanol–water partition coefficient (Wildman–Crippen LogP) is 6.29. The Bertz CT molecular complexity index is 1740. The highest BCUT2D eigenvalue weighted by atomic mass is 16.1. The third kappa shape index (κ3) is 5.71. The Hall–Kier alpha value is -4.69. The molecule has 0 bridgehead atoms. The number of hydrogen-bond acceptors (Lipinski definition) is 5. The maximum absolute atomic E-state index is 12.2. The molecule has 0 spiro atoms. The fraction of sp³-hybridized carbons (Fsp3) is 0.265. The standard InChI is InChI=1S/C34H39N7O/c1-8-30-28(21-36-41(30)7)25-18-27-32(24-11-10-22(3)29(19-24)37-31(42)9-2)33(38-34(27)35-20-25)23-12-14-26(15-13-23)40(6)17-16-39(4)5/h9-15,18-21H,2,8,16-17H2,1,3-7H3,(H,35,38)(H,37,42). The summed E-state index contributed by atoms with van der Waals surface area (Å²) >= 11 is 0. The first-order valence-corrected chi connectivity index (χ1v) is 14.2. The molecule has 2 aromatic carbocycles. The fourth-order valence-corrected chi connectivity index (χ4v) is 5.32. The van der Waals surface area contributed by atoms with Crippen molar-refractivity contribution in [2.24, 2.45) is 7.05 Å². The number of H-pyrrole nitrogens is 1. The lowest BCUT2D eigenvalue weighted by Crippen LogP contribution is -2.28. The molecule has 0 saturated carbocycles. The molecule has 5 rings (SSSR count). The molecule has 1 amide bonds. The van der Waals surface area contributed by atoms with E-state index < -0.39 is 0 Å². The molecule has 2 N–H and O–H groups in total. The van der Waals surface area contributed by atoms with E-state index in [0.29, 0.717) is 0 Å². The Morgan fingerprint density at radius 2 is 1.76 bits per heavy atom. The van der Waals surface area contributed by atoms with E-state index in [0.717, 1.165) is 86.7 Å². The number of fused-ring (bicyclic) bond motifs is 1. The van der Waals surface area contributed by atoms with Crippen molar-refractivity contribution >= 4 is 28.3 Å². The van der Waals surface area contributed by atoms with Crippen LogP contribution in [0.15, 0.2) is 73.6 Å². The van der Waals surface area contributed by atoms with Gasteiger partial charge in [-0.3, -0.25) is 9.48 Å². The number of amides is 1. The second-order valence-electron chi connectivity index (χ2n) is 11.0. The van der Waals surface area contributed by atoms with Gasteiger partial charge in [0.1, 0.15) is 5.65 Å². The molecular weight excluding hydrogens is 522 g/mol. The van der Waals surface area contributed by atoms with Gasteiger partial charge in [0.2, 0.25) is 5.91 Å². The third-order valence-electron chi connectivity index (χ3n) is 7.81. The van der Waals surface area contributed by atoms with Gasteiger partial charge >= 0.3 is 0 Å². The van der Waals surface area contributed by atoms with Crippen LogP contribution in [0.25, 0.3) is 44.5 Å². The van der Waals surface area contributed by atoms with Gasteiger partial charge in [-0.1, -0.05) is 37.8 Å². The van der Waals surface area contributed by atoms with E-state index in [1.165, 1.54) is 6.08 Å². The number of aromatic amines is 1. The average Bonchev–Trinajstić information content (AvgIpc) is 3.56. The molecule has 0 aliphatic heterocycles. The number of aryl methyl sites for hydroxylation is 2. The largest absolute Gasteiger partial charge is 0.373 e. The summed E-state index contributed by atoms with van der Waals surface area (Å²) in [5.41, 5.74) is 11.0. The maximum atomic E-state index is 12.2. The van der Waals surface area contributed by atoms with Crippen LogP contribution in [0.4, 0.5) is 11.4 Å². The summed E-state index contributed by atoms with van der Waals surface area (Å²) in [5.74, 6) is -0.240. The summed E-state index contributed by atoms with van der Waals surface area (Å²) in [6.07, 6.45) is 5.98. The van der Waals surface area contributed by atoms with E-state index in [4.69, 9.17) is 4.98 Å². The maximum Gasteiger partial charge on any atom is 0.247 e. The van der Waals surface area contributed by atoms with Gasteiger partial charge in [0.15, 0.2) is 0 Å². The van der Waals surface area contributed by atoms with E-state index >= 15 is 0 Å². The lowest BCUT2D eigenvalue weighted by Gasteiger charge is -2.21. The molecule has 5 aromatic rings. The lowest BCUT2D eigenvalue weighted by atomic mass is 9.96. The number of anilines is 2. The van der Waals surface area contributed by atoms with Gasteiger partial charge in [0.25, 0.3) is 0 Å². The second kappa shape index (κ2) is 12.0. The van der Waals surface area contributed by atoms with Crippen LogP contribution >= 0.6 is 0 Å². The lowest BCUT2D eigenvalue weighted by molar-refractivity contribution is -0.111. The molecule has 8 nitrogen and oxygen atoms in total. The molecule has 216 valence electrons. The molecule has 0 aliphatic rings. The number of benzene rings is 2. The summed E-state index contributed by atoms with van der Waals surface area (Å²) in [6, 6.07) is 17.0. The Morgan fingerprint density at radius 1 is 1.02 bits per heavy atom. The molecule has 0 unspecified atom stereocenters. The summed E-state index contributed by atoms with van der Waals surface area (Å²) in [7, 11) is 8.27. The van der Waals surface area contributed by atoms with Gasteiger partial charge in [-0.2, -0.15) is 5.10 Å². The SMILES string of the molecule is C=CC(=O)Nc1cc(-c2c(-c3ccc(N(C)CCN(C)C)cc3)[nH]c3ncc(-c4cnn(C)c4CC)cc23)ccc1C. The predicted molar refractivity (Wildman–Crippen MR) is 174 cm³/mol. The molecular formula is C34H39N7O. The van der Waals surface area contributed by atoms with Crippen molar-refractivity contribution < 1.29 is 4.79 Å². The minimum absolute atomic E-state index is 0.240. The third-order valence-corrected chi connectivity index (χ3v) is 7.81. The summed E-state index contributed by atoms with van der Waals surface area (Å²) in [6.45, 7) is 9.65. The number of likely N-dealkylation sites (N-methyl/N-ethyl adjacent to an activating group) is 2. The van der Waals surface area contributed by atoms with Crippen molar-refractivity contribution in [3.05, 3.63) is 84.8 Å². The summed E-state index contributed by atoms with van der Waals surface area (Å²) in [4.78, 5) is 25.1. The van der Waals surface area contributed by atoms with Gasteiger partial charge in [-0.05, 0) is 74.5 Å². The highest BCUT2D eigenvalue weighted by Gasteiger charge is 2.19. The number of nitrogens with zero attached hydrogens (tertiary/aromatic N) is 5. The first-order valence-electron chi connectivity index (χ1n) is 14.2. The van der Waals surface area contributed by atoms with Crippen LogP contribution in [-0.2, 0) is 18.3 Å². The number of carbonyl (C=O) groups is 1. The monoisotopic (exact) mass is 561 g/mol. The van der Waals surface area contributed by atoms with Crippen molar-refractivity contribution in [3.8, 4) is 33.5 Å². The Morgan fingerprint density at radius 3 is 2.45 bits per heavy atom. The number of nitrogens with one attached hydrogen (secondary N) is 2. The van der Waals surface area contributed by atoms with Crippen molar-refractivity contribution in [3.63, 3.8) is 0 Å². The molecule has 0 atom stereocenters. The molecule has 8 heteroatoms. The zero-order valence-corrected chi connectivity index (χ0v) is 25.3. The van der Waals surface area contributed by atoms with Crippen LogP contribution in [0.5, 0.6) is 0 Å². The number of pyridine rings is 1. The number of rotatable bonds is 10. The highest BCUT2D eigenvalue weighted by Crippen LogP contribution is 2.41. The average molecular weight is 562 g/mol. The molecule has 3 heterocycles. The van der Waals surface area contributed by atoms with Crippen molar-refractivity contribution in [1.29, 1.82) is 0 Å². The number of aromatic nitrogens is 4. The second-order valence-corrected chi connectivity index (χ2v) is 11.0. The quantitative estimate of drug-likeness (QED) is 0.196. The molecule has 0 fully saturated rings. The van der Waals surface area contributed by atoms with E-state index in [1.54, 1.807) is 0 Å². The Balaban J connectivity index is 1.67. The van der Waals surface area contributed by atoms with Crippen molar-refractivity contribution in [1.82, 2.24) is 24.6 Å². The van der Waals surface area contributed by atoms with Gasteiger partial charge in [0, 0.05) is 72.5 Å². The van der Waals surface area contributed by atoms with Gasteiger partial charge in [-0.15, -0.1) is 0 Å². The zero-order valence-electron chi connectivity index (χ0n) is 25.3. The van der Waals surface area contributed by atoms with E-state index in [-0.39, 0.29) is 5.91 Å². The van der Waals surface area contributed by atoms with Gasteiger partial charge in [0.05, 0.1) is 11.9 Å². The highest BCUT2D eigenvalue weighted by molar-refractivity contribution is 6.05. The molecule has 42 heavy (non-hydrogen) atoms. The normalized spacial score (nSPS) is 11.3. The van der Waals surface area contributed by atoms with Crippen LogP contribution < -0.4 is 10.2 Å². The minimum atomic E-state index is -0.240. The topological polar surface area (TPSA) is 82.1 Å². The number of hydrogen-bond donors (Lipinski definition) is 2. The zero-order chi connectivity index (χ0) is 30.0. The van der Waals surface area contributed by atoms with Crippen LogP contribution in [0.3, 0.4) is 0 Å².